The number of hydrogen-bond acceptors (Lipinski definition) is 4. The molecule has 0 bridgehead atoms. The van der Waals surface area contributed by atoms with Crippen LogP contribution in [0, 0.1) is 5.92 Å². The van der Waals surface area contributed by atoms with Gasteiger partial charge in [0.05, 0.1) is 12.1 Å². The maximum absolute atomic E-state index is 12.8. The van der Waals surface area contributed by atoms with Gasteiger partial charge >= 0.3 is 6.03 Å². The number of amides is 3. The smallest absolute Gasteiger partial charge is 0.321 e. The van der Waals surface area contributed by atoms with Crippen molar-refractivity contribution >= 4 is 23.3 Å². The summed E-state index contributed by atoms with van der Waals surface area (Å²) in [5, 5.41) is 5.87. The van der Waals surface area contributed by atoms with E-state index in [-0.39, 0.29) is 23.8 Å². The highest BCUT2D eigenvalue weighted by molar-refractivity contribution is 5.94. The van der Waals surface area contributed by atoms with Crippen LogP contribution in [-0.2, 0) is 4.79 Å². The van der Waals surface area contributed by atoms with E-state index >= 15 is 0 Å². The standard InChI is InChI=1S/C25H28N4O3/c1-17(2)22-15-26-24(32-22)18-10-12-21(13-11-18)27-23(30)19-7-6-14-29(16-19)25(31)28-20-8-4-3-5-9-20/h3-5,8-13,15,17,19H,6-7,14,16H2,1-2H3,(H,27,30)(H,28,31). The van der Waals surface area contributed by atoms with Gasteiger partial charge in [-0.1, -0.05) is 32.0 Å². The first kappa shape index (κ1) is 21.6. The Kier molecular flexibility index (Phi) is 6.54. The van der Waals surface area contributed by atoms with Crippen LogP contribution in [0.1, 0.15) is 38.4 Å². The second-order valence-electron chi connectivity index (χ2n) is 8.37. The largest absolute Gasteiger partial charge is 0.441 e. The van der Waals surface area contributed by atoms with Crippen LogP contribution in [0.4, 0.5) is 16.2 Å². The lowest BCUT2D eigenvalue weighted by Crippen LogP contribution is -2.45. The SMILES string of the molecule is CC(C)c1cnc(-c2ccc(NC(=O)C3CCCN(C(=O)Nc4ccccc4)C3)cc2)o1. The number of benzene rings is 2. The summed E-state index contributed by atoms with van der Waals surface area (Å²) < 4.78 is 5.78. The van der Waals surface area contributed by atoms with Gasteiger partial charge in [-0.2, -0.15) is 0 Å². The molecule has 2 aromatic carbocycles. The zero-order valence-corrected chi connectivity index (χ0v) is 18.4. The molecular weight excluding hydrogens is 404 g/mol. The zero-order chi connectivity index (χ0) is 22.5. The summed E-state index contributed by atoms with van der Waals surface area (Å²) in [6.45, 7) is 5.16. The highest BCUT2D eigenvalue weighted by atomic mass is 16.4. The molecule has 0 spiro atoms. The number of nitrogens with zero attached hydrogens (tertiary/aromatic N) is 2. The molecule has 1 saturated heterocycles. The van der Waals surface area contributed by atoms with Gasteiger partial charge in [-0.3, -0.25) is 4.79 Å². The quantitative estimate of drug-likeness (QED) is 0.569. The van der Waals surface area contributed by atoms with Crippen molar-refractivity contribution in [2.45, 2.75) is 32.6 Å². The highest BCUT2D eigenvalue weighted by Crippen LogP contribution is 2.25. The number of carbonyl (C=O) groups excluding carboxylic acids is 2. The molecule has 0 aliphatic carbocycles. The number of urea groups is 1. The predicted molar refractivity (Wildman–Crippen MR) is 124 cm³/mol. The second-order valence-corrected chi connectivity index (χ2v) is 8.37. The molecule has 32 heavy (non-hydrogen) atoms. The average Bonchev–Trinajstić information content (AvgIpc) is 3.31. The minimum atomic E-state index is -0.245. The Morgan fingerprint density at radius 3 is 2.44 bits per heavy atom. The monoisotopic (exact) mass is 432 g/mol. The summed E-state index contributed by atoms with van der Waals surface area (Å²) in [5.74, 6) is 1.37. The van der Waals surface area contributed by atoms with Crippen molar-refractivity contribution < 1.29 is 14.0 Å². The number of rotatable bonds is 5. The number of aromatic nitrogens is 1. The van der Waals surface area contributed by atoms with E-state index in [4.69, 9.17) is 4.42 Å². The summed E-state index contributed by atoms with van der Waals surface area (Å²) in [6.07, 6.45) is 3.30. The predicted octanol–water partition coefficient (Wildman–Crippen LogP) is 5.35. The van der Waals surface area contributed by atoms with Gasteiger partial charge in [-0.05, 0) is 49.2 Å². The Balaban J connectivity index is 1.34. The lowest BCUT2D eigenvalue weighted by Gasteiger charge is -2.32. The van der Waals surface area contributed by atoms with Gasteiger partial charge < -0.3 is 20.0 Å². The van der Waals surface area contributed by atoms with Crippen LogP contribution in [0.15, 0.2) is 65.2 Å². The third kappa shape index (κ3) is 5.17. The van der Waals surface area contributed by atoms with Gasteiger partial charge in [-0.15, -0.1) is 0 Å². The fourth-order valence-electron chi connectivity index (χ4n) is 3.73. The first-order valence-electron chi connectivity index (χ1n) is 11.0. The Hall–Kier alpha value is -3.61. The van der Waals surface area contributed by atoms with Crippen LogP contribution in [0.25, 0.3) is 11.5 Å². The molecule has 1 aliphatic rings. The fourth-order valence-corrected chi connectivity index (χ4v) is 3.73. The highest BCUT2D eigenvalue weighted by Gasteiger charge is 2.28. The summed E-state index contributed by atoms with van der Waals surface area (Å²) in [4.78, 5) is 31.4. The third-order valence-corrected chi connectivity index (χ3v) is 5.60. The number of likely N-dealkylation sites (tertiary alicyclic amines) is 1. The summed E-state index contributed by atoms with van der Waals surface area (Å²) in [7, 11) is 0. The maximum Gasteiger partial charge on any atom is 0.321 e. The number of para-hydroxylation sites is 1. The van der Waals surface area contributed by atoms with Crippen molar-refractivity contribution in [3.05, 3.63) is 66.6 Å². The van der Waals surface area contributed by atoms with Crippen molar-refractivity contribution in [2.75, 3.05) is 23.7 Å². The van der Waals surface area contributed by atoms with Crippen LogP contribution in [0.5, 0.6) is 0 Å². The van der Waals surface area contributed by atoms with Crippen molar-refractivity contribution in [1.29, 1.82) is 0 Å². The number of nitrogens with one attached hydrogen (secondary N) is 2. The summed E-state index contributed by atoms with van der Waals surface area (Å²) >= 11 is 0. The minimum Gasteiger partial charge on any atom is -0.441 e. The number of oxazole rings is 1. The lowest BCUT2D eigenvalue weighted by atomic mass is 9.97. The molecule has 2 N–H and O–H groups in total. The van der Waals surface area contributed by atoms with Gasteiger partial charge in [0, 0.05) is 35.9 Å². The maximum atomic E-state index is 12.8. The van der Waals surface area contributed by atoms with E-state index in [0.717, 1.165) is 29.9 Å². The lowest BCUT2D eigenvalue weighted by molar-refractivity contribution is -0.121. The first-order valence-corrected chi connectivity index (χ1v) is 11.0. The Bertz CT molecular complexity index is 1060. The molecule has 1 unspecified atom stereocenters. The normalized spacial score (nSPS) is 16.1. The van der Waals surface area contributed by atoms with Crippen molar-refractivity contribution in [3.8, 4) is 11.5 Å². The molecule has 166 valence electrons. The molecule has 1 fully saturated rings. The molecule has 3 amide bonds. The van der Waals surface area contributed by atoms with Crippen LogP contribution < -0.4 is 10.6 Å². The van der Waals surface area contributed by atoms with Crippen LogP contribution in [0.3, 0.4) is 0 Å². The second kappa shape index (κ2) is 9.68. The van der Waals surface area contributed by atoms with E-state index in [9.17, 15) is 9.59 Å². The molecule has 1 atom stereocenters. The molecule has 1 aromatic heterocycles. The van der Waals surface area contributed by atoms with Crippen molar-refractivity contribution in [2.24, 2.45) is 5.92 Å². The number of hydrogen-bond donors (Lipinski definition) is 2. The summed E-state index contributed by atoms with van der Waals surface area (Å²) in [5.41, 5.74) is 2.31. The topological polar surface area (TPSA) is 87.5 Å². The molecule has 3 aromatic rings. The van der Waals surface area contributed by atoms with Gasteiger partial charge in [0.1, 0.15) is 5.76 Å². The van der Waals surface area contributed by atoms with Crippen molar-refractivity contribution in [3.63, 3.8) is 0 Å². The van der Waals surface area contributed by atoms with E-state index < -0.39 is 0 Å². The summed E-state index contributed by atoms with van der Waals surface area (Å²) in [6, 6.07) is 16.6. The van der Waals surface area contributed by atoms with Crippen LogP contribution in [0.2, 0.25) is 0 Å². The number of anilines is 2. The Morgan fingerprint density at radius 2 is 1.75 bits per heavy atom. The molecule has 7 nitrogen and oxygen atoms in total. The van der Waals surface area contributed by atoms with E-state index in [1.165, 1.54) is 0 Å². The van der Waals surface area contributed by atoms with Gasteiger partial charge in [0.2, 0.25) is 11.8 Å². The van der Waals surface area contributed by atoms with Crippen molar-refractivity contribution in [1.82, 2.24) is 9.88 Å². The van der Waals surface area contributed by atoms with E-state index in [2.05, 4.69) is 29.5 Å². The Morgan fingerprint density at radius 1 is 1.03 bits per heavy atom. The number of piperidine rings is 1. The molecule has 0 saturated carbocycles. The third-order valence-electron chi connectivity index (χ3n) is 5.60. The molecular formula is C25H28N4O3. The number of carbonyl (C=O) groups is 2. The van der Waals surface area contributed by atoms with Gasteiger partial charge in [0.15, 0.2) is 0 Å². The molecule has 0 radical (unpaired) electrons. The zero-order valence-electron chi connectivity index (χ0n) is 18.4. The molecule has 4 rings (SSSR count). The van der Waals surface area contributed by atoms with E-state index in [0.29, 0.717) is 24.7 Å². The van der Waals surface area contributed by atoms with Crippen LogP contribution in [-0.4, -0.2) is 34.9 Å². The first-order chi connectivity index (χ1) is 15.5. The fraction of sp³-hybridized carbons (Fsp3) is 0.320. The minimum absolute atomic E-state index is 0.0758. The van der Waals surface area contributed by atoms with Crippen LogP contribution >= 0.6 is 0 Å². The average molecular weight is 433 g/mol. The molecule has 7 heteroatoms. The van der Waals surface area contributed by atoms with Gasteiger partial charge in [0.25, 0.3) is 0 Å². The van der Waals surface area contributed by atoms with E-state index in [1.54, 1.807) is 11.1 Å². The molecule has 2 heterocycles. The van der Waals surface area contributed by atoms with Gasteiger partial charge in [-0.25, -0.2) is 9.78 Å². The molecule has 1 aliphatic heterocycles. The Labute approximate surface area is 187 Å². The van der Waals surface area contributed by atoms with E-state index in [1.807, 2.05) is 54.6 Å².